The molecule has 35 heavy (non-hydrogen) atoms. The number of aliphatic hydroxyl groups is 1. The van der Waals surface area contributed by atoms with Gasteiger partial charge in [-0.3, -0.25) is 4.99 Å². The van der Waals surface area contributed by atoms with E-state index in [0.29, 0.717) is 28.6 Å². The molecule has 3 N–H and O–H groups in total. The monoisotopic (exact) mass is 482 g/mol. The Balaban J connectivity index is 2.15. The molecular weight excluding hydrogens is 461 g/mol. The summed E-state index contributed by atoms with van der Waals surface area (Å²) >= 11 is 0. The van der Waals surface area contributed by atoms with Crippen LogP contribution in [0.15, 0.2) is 68.8 Å². The van der Waals surface area contributed by atoms with E-state index in [1.807, 2.05) is 0 Å². The second kappa shape index (κ2) is 8.88. The molecule has 0 aliphatic carbocycles. The lowest BCUT2D eigenvalue weighted by Crippen LogP contribution is -2.31. The molecule has 2 aromatic heterocycles. The van der Waals surface area contributed by atoms with Crippen LogP contribution in [0.4, 0.5) is 13.2 Å². The first kappa shape index (κ1) is 24.0. The number of benzene rings is 2. The van der Waals surface area contributed by atoms with E-state index in [2.05, 4.69) is 26.7 Å². The molecular formula is C25H21F3N4O3. The summed E-state index contributed by atoms with van der Waals surface area (Å²) in [6.45, 7) is 8.04. The zero-order valence-electron chi connectivity index (χ0n) is 19.0. The molecule has 2 heterocycles. The molecule has 4 aromatic rings. The molecule has 0 radical (unpaired) electrons. The Bertz CT molecular complexity index is 1560. The van der Waals surface area contributed by atoms with Crippen LogP contribution >= 0.6 is 0 Å². The van der Waals surface area contributed by atoms with Crippen LogP contribution in [0.25, 0.3) is 22.2 Å². The molecule has 0 amide bonds. The molecule has 7 nitrogen and oxygen atoms in total. The van der Waals surface area contributed by atoms with Gasteiger partial charge in [0, 0.05) is 22.8 Å². The number of aliphatic imine (C=N–C) groups is 1. The first-order chi connectivity index (χ1) is 16.6. The van der Waals surface area contributed by atoms with Gasteiger partial charge in [0.2, 0.25) is 0 Å². The lowest BCUT2D eigenvalue weighted by Gasteiger charge is -2.31. The average Bonchev–Trinajstić information content (AvgIpc) is 3.33. The van der Waals surface area contributed by atoms with Crippen LogP contribution in [-0.4, -0.2) is 26.4 Å². The molecule has 0 fully saturated rings. The van der Waals surface area contributed by atoms with Crippen molar-refractivity contribution in [1.29, 1.82) is 0 Å². The Morgan fingerprint density at radius 3 is 2.54 bits per heavy atom. The number of halogens is 3. The molecule has 0 spiro atoms. The van der Waals surface area contributed by atoms with Gasteiger partial charge in [-0.25, -0.2) is 18.0 Å². The molecule has 1 atom stereocenters. The summed E-state index contributed by atoms with van der Waals surface area (Å²) < 4.78 is 47.7. The lowest BCUT2D eigenvalue weighted by atomic mass is 9.81. The fourth-order valence-electron chi connectivity index (χ4n) is 4.19. The number of fused-ring (bicyclic) bond motifs is 1. The van der Waals surface area contributed by atoms with Crippen LogP contribution in [0, 0.1) is 25.5 Å². The van der Waals surface area contributed by atoms with E-state index in [-0.39, 0.29) is 27.9 Å². The van der Waals surface area contributed by atoms with E-state index in [1.54, 1.807) is 19.9 Å². The Morgan fingerprint density at radius 1 is 1.20 bits per heavy atom. The Kier molecular flexibility index (Phi) is 6.08. The van der Waals surface area contributed by atoms with Gasteiger partial charge in [0.25, 0.3) is 0 Å². The Hall–Kier alpha value is -4.18. The summed E-state index contributed by atoms with van der Waals surface area (Å²) in [6, 6.07) is 5.81. The molecule has 1 unspecified atom stereocenters. The first-order valence-corrected chi connectivity index (χ1v) is 10.5. The number of rotatable bonds is 6. The number of aromatic nitrogens is 3. The Labute approximate surface area is 197 Å². The molecule has 4 rings (SSSR count). The van der Waals surface area contributed by atoms with Crippen molar-refractivity contribution in [2.75, 3.05) is 0 Å². The van der Waals surface area contributed by atoms with E-state index in [0.717, 1.165) is 18.3 Å². The highest BCUT2D eigenvalue weighted by Crippen LogP contribution is 2.43. The maximum absolute atomic E-state index is 15.2. The first-order valence-electron chi connectivity index (χ1n) is 10.5. The van der Waals surface area contributed by atoms with Crippen LogP contribution in [-0.2, 0) is 5.60 Å². The molecule has 180 valence electrons. The number of nitrogens with zero attached hydrogens (tertiary/aromatic N) is 2. The second-order valence-corrected chi connectivity index (χ2v) is 7.94. The summed E-state index contributed by atoms with van der Waals surface area (Å²) in [5.74, 6) is -2.37. The number of hydrogen-bond acceptors (Lipinski definition) is 5. The van der Waals surface area contributed by atoms with Gasteiger partial charge in [0.05, 0.1) is 28.6 Å². The molecule has 0 aliphatic rings. The summed E-state index contributed by atoms with van der Waals surface area (Å²) in [7, 11) is 0. The number of imidazole rings is 1. The fourth-order valence-corrected chi connectivity index (χ4v) is 4.19. The van der Waals surface area contributed by atoms with Gasteiger partial charge >= 0.3 is 5.69 Å². The van der Waals surface area contributed by atoms with Crippen molar-refractivity contribution in [3.63, 3.8) is 0 Å². The highest BCUT2D eigenvalue weighted by molar-refractivity contribution is 5.88. The summed E-state index contributed by atoms with van der Waals surface area (Å²) in [5, 5.41) is 16.1. The van der Waals surface area contributed by atoms with Crippen molar-refractivity contribution in [3.05, 3.63) is 99.2 Å². The predicted molar refractivity (Wildman–Crippen MR) is 126 cm³/mol. The quantitative estimate of drug-likeness (QED) is 0.332. The minimum Gasteiger partial charge on any atom is -0.374 e. The topological polar surface area (TPSA) is 107 Å². The van der Waals surface area contributed by atoms with E-state index in [4.69, 9.17) is 4.52 Å². The van der Waals surface area contributed by atoms with Gasteiger partial charge in [0.1, 0.15) is 23.2 Å². The van der Waals surface area contributed by atoms with E-state index >= 15 is 4.39 Å². The van der Waals surface area contributed by atoms with Crippen molar-refractivity contribution >= 4 is 17.2 Å². The van der Waals surface area contributed by atoms with E-state index in [9.17, 15) is 18.7 Å². The summed E-state index contributed by atoms with van der Waals surface area (Å²) in [6.07, 6.45) is 2.11. The van der Waals surface area contributed by atoms with Gasteiger partial charge in [-0.1, -0.05) is 17.8 Å². The van der Waals surface area contributed by atoms with Crippen molar-refractivity contribution in [1.82, 2.24) is 15.1 Å². The zero-order valence-corrected chi connectivity index (χ0v) is 19.0. The molecule has 0 bridgehead atoms. The third-order valence-electron chi connectivity index (χ3n) is 5.65. The highest BCUT2D eigenvalue weighted by Gasteiger charge is 2.41. The minimum atomic E-state index is -2.39. The SMILES string of the molecule is C=C(F)C=N/C(=C\C)C(O)(c1ccc(F)cc1F)c1cc(-c2c(C)noc2C)cc2[nH]c(=O)[nH]c12. The average molecular weight is 482 g/mol. The van der Waals surface area contributed by atoms with Crippen LogP contribution < -0.4 is 5.69 Å². The number of aryl methyl sites for hydroxylation is 2. The van der Waals surface area contributed by atoms with Crippen LogP contribution in [0.3, 0.4) is 0 Å². The number of hydrogen-bond donors (Lipinski definition) is 3. The second-order valence-electron chi connectivity index (χ2n) is 7.94. The van der Waals surface area contributed by atoms with Crippen LogP contribution in [0.5, 0.6) is 0 Å². The summed E-state index contributed by atoms with van der Waals surface area (Å²) in [4.78, 5) is 21.5. The van der Waals surface area contributed by atoms with Gasteiger partial charge in [-0.05, 0) is 50.6 Å². The van der Waals surface area contributed by atoms with Gasteiger partial charge < -0.3 is 19.6 Å². The number of nitrogens with one attached hydrogen (secondary N) is 2. The molecule has 0 saturated heterocycles. The maximum atomic E-state index is 15.2. The largest absolute Gasteiger partial charge is 0.374 e. The minimum absolute atomic E-state index is 0.00331. The van der Waals surface area contributed by atoms with Gasteiger partial charge in [-0.15, -0.1) is 0 Å². The summed E-state index contributed by atoms with van der Waals surface area (Å²) in [5.41, 5.74) is -1.46. The van der Waals surface area contributed by atoms with Crippen molar-refractivity contribution in [3.8, 4) is 11.1 Å². The van der Waals surface area contributed by atoms with Gasteiger partial charge in [-0.2, -0.15) is 0 Å². The molecule has 10 heteroatoms. The van der Waals surface area contributed by atoms with Crippen LogP contribution in [0.2, 0.25) is 0 Å². The van der Waals surface area contributed by atoms with Crippen molar-refractivity contribution in [2.24, 2.45) is 4.99 Å². The standard InChI is InChI=1S/C25H21F3N4O3/c1-5-21(29-11-12(2)26)25(34,17-7-6-16(27)10-19(17)28)18-8-15(22-13(3)32-35-14(22)4)9-20-23(18)31-24(33)30-20/h5-11,34H,2H2,1,3-4H3,(H2,30,31,33)/b21-5-,29-11?. The van der Waals surface area contributed by atoms with E-state index < -0.39 is 28.8 Å². The van der Waals surface area contributed by atoms with Gasteiger partial charge in [0.15, 0.2) is 5.60 Å². The normalized spacial score (nSPS) is 14.1. The smallest absolute Gasteiger partial charge is 0.323 e. The number of H-pyrrole nitrogens is 2. The Morgan fingerprint density at radius 2 is 1.94 bits per heavy atom. The van der Waals surface area contributed by atoms with Crippen LogP contribution in [0.1, 0.15) is 29.5 Å². The highest BCUT2D eigenvalue weighted by atomic mass is 19.1. The third-order valence-corrected chi connectivity index (χ3v) is 5.65. The molecule has 0 aliphatic heterocycles. The fraction of sp³-hybridized carbons (Fsp3) is 0.160. The maximum Gasteiger partial charge on any atom is 0.323 e. The molecule has 2 aromatic carbocycles. The number of allylic oxidation sites excluding steroid dienone is 2. The number of aromatic amines is 2. The molecule has 0 saturated carbocycles. The van der Waals surface area contributed by atoms with Crippen molar-refractivity contribution < 1.29 is 22.8 Å². The zero-order chi connectivity index (χ0) is 25.5. The van der Waals surface area contributed by atoms with E-state index in [1.165, 1.54) is 19.1 Å². The predicted octanol–water partition coefficient (Wildman–Crippen LogP) is 5.10. The van der Waals surface area contributed by atoms with Crippen molar-refractivity contribution in [2.45, 2.75) is 26.4 Å². The third kappa shape index (κ3) is 4.12. The lowest BCUT2D eigenvalue weighted by molar-refractivity contribution is 0.116.